The Balaban J connectivity index is 2.46. The number of carbonyl (C=O) groups excluding carboxylic acids is 2. The molecule has 0 bridgehead atoms. The molecule has 0 saturated heterocycles. The number of carboxylic acids is 1. The van der Waals surface area contributed by atoms with E-state index in [-0.39, 0.29) is 16.9 Å². The Morgan fingerprint density at radius 2 is 2.05 bits per heavy atom. The minimum absolute atomic E-state index is 0.0702. The van der Waals surface area contributed by atoms with Gasteiger partial charge in [0, 0.05) is 17.2 Å². The molecule has 2 aromatic rings. The van der Waals surface area contributed by atoms with Crippen LogP contribution < -0.4 is 10.8 Å². The lowest BCUT2D eigenvalue weighted by atomic mass is 10.0. The summed E-state index contributed by atoms with van der Waals surface area (Å²) in [5.41, 5.74) is 5.97. The standard InChI is InChI=1S/C16H12N2O4/c1-9-12(3-2-4-13(9)16(20)21)14-6-5-11(22-14)7-10(8-17)15(18)19/h2-7H,1H3,(H2,18,19)(H,20,21)/p-1/b10-7+. The van der Waals surface area contributed by atoms with Crippen LogP contribution in [0.15, 0.2) is 40.3 Å². The number of hydrogen-bond donors (Lipinski definition) is 1. The van der Waals surface area contributed by atoms with Crippen LogP contribution in [0.3, 0.4) is 0 Å². The van der Waals surface area contributed by atoms with Gasteiger partial charge in [0.05, 0.1) is 5.97 Å². The second-order valence-electron chi connectivity index (χ2n) is 4.50. The maximum absolute atomic E-state index is 11.0. The van der Waals surface area contributed by atoms with E-state index in [1.807, 2.05) is 0 Å². The maximum atomic E-state index is 11.0. The summed E-state index contributed by atoms with van der Waals surface area (Å²) in [6.07, 6.45) is 1.23. The highest BCUT2D eigenvalue weighted by Crippen LogP contribution is 2.28. The molecular formula is C16H11N2O4-. The Morgan fingerprint density at radius 1 is 1.32 bits per heavy atom. The van der Waals surface area contributed by atoms with Crippen molar-refractivity contribution in [3.8, 4) is 17.4 Å². The lowest BCUT2D eigenvalue weighted by Gasteiger charge is -2.10. The monoisotopic (exact) mass is 295 g/mol. The lowest BCUT2D eigenvalue weighted by Crippen LogP contribution is -2.23. The van der Waals surface area contributed by atoms with Crippen LogP contribution in [0.2, 0.25) is 0 Å². The zero-order chi connectivity index (χ0) is 16.3. The highest BCUT2D eigenvalue weighted by molar-refractivity contribution is 6.00. The first kappa shape index (κ1) is 15.1. The smallest absolute Gasteiger partial charge is 0.259 e. The van der Waals surface area contributed by atoms with E-state index >= 15 is 0 Å². The topological polar surface area (TPSA) is 120 Å². The largest absolute Gasteiger partial charge is 0.545 e. The first-order valence-electron chi connectivity index (χ1n) is 6.26. The molecule has 2 N–H and O–H groups in total. The first-order chi connectivity index (χ1) is 10.4. The summed E-state index contributed by atoms with van der Waals surface area (Å²) in [4.78, 5) is 22.0. The number of nitrogens with two attached hydrogens (primary N) is 1. The van der Waals surface area contributed by atoms with E-state index in [0.29, 0.717) is 16.9 Å². The molecule has 0 aliphatic rings. The number of primary amides is 1. The third-order valence-corrected chi connectivity index (χ3v) is 3.12. The van der Waals surface area contributed by atoms with E-state index in [1.54, 1.807) is 37.3 Å². The van der Waals surface area contributed by atoms with Gasteiger partial charge in [-0.3, -0.25) is 4.79 Å². The third kappa shape index (κ3) is 2.88. The summed E-state index contributed by atoms with van der Waals surface area (Å²) in [5, 5.41) is 19.8. The fraction of sp³-hybridized carbons (Fsp3) is 0.0625. The Bertz CT molecular complexity index is 825. The van der Waals surface area contributed by atoms with Gasteiger partial charge in [-0.15, -0.1) is 0 Å². The van der Waals surface area contributed by atoms with Crippen molar-refractivity contribution in [1.82, 2.24) is 0 Å². The molecule has 0 saturated carbocycles. The van der Waals surface area contributed by atoms with E-state index in [0.717, 1.165) is 0 Å². The van der Waals surface area contributed by atoms with Crippen molar-refractivity contribution in [3.63, 3.8) is 0 Å². The molecule has 0 fully saturated rings. The number of aromatic carboxylic acids is 1. The number of amides is 1. The molecule has 22 heavy (non-hydrogen) atoms. The van der Waals surface area contributed by atoms with Crippen LogP contribution >= 0.6 is 0 Å². The lowest BCUT2D eigenvalue weighted by molar-refractivity contribution is -0.255. The van der Waals surface area contributed by atoms with E-state index in [2.05, 4.69) is 0 Å². The fourth-order valence-corrected chi connectivity index (χ4v) is 2.00. The number of hydrogen-bond acceptors (Lipinski definition) is 5. The molecule has 2 rings (SSSR count). The zero-order valence-corrected chi connectivity index (χ0v) is 11.6. The molecule has 6 heteroatoms. The molecule has 0 radical (unpaired) electrons. The molecule has 6 nitrogen and oxygen atoms in total. The number of carboxylic acid groups (broad SMARTS) is 1. The van der Waals surface area contributed by atoms with Crippen molar-refractivity contribution in [2.45, 2.75) is 6.92 Å². The summed E-state index contributed by atoms with van der Waals surface area (Å²) < 4.78 is 5.52. The van der Waals surface area contributed by atoms with E-state index < -0.39 is 11.9 Å². The minimum Gasteiger partial charge on any atom is -0.545 e. The zero-order valence-electron chi connectivity index (χ0n) is 11.6. The Hall–Kier alpha value is -3.33. The molecule has 0 aliphatic carbocycles. The Morgan fingerprint density at radius 3 is 2.64 bits per heavy atom. The number of carbonyl (C=O) groups is 2. The van der Waals surface area contributed by atoms with Crippen LogP contribution in [0, 0.1) is 18.3 Å². The summed E-state index contributed by atoms with van der Waals surface area (Å²) in [6.45, 7) is 1.64. The SMILES string of the molecule is Cc1c(C(=O)[O-])cccc1-c1ccc(/C=C(\C#N)C(N)=O)o1. The molecule has 0 unspecified atom stereocenters. The van der Waals surface area contributed by atoms with E-state index in [9.17, 15) is 14.7 Å². The van der Waals surface area contributed by atoms with Crippen LogP contribution in [-0.2, 0) is 4.79 Å². The molecule has 0 aliphatic heterocycles. The number of nitriles is 1. The van der Waals surface area contributed by atoms with Crippen LogP contribution in [0.5, 0.6) is 0 Å². The quantitative estimate of drug-likeness (QED) is 0.666. The Labute approximate surface area is 126 Å². The first-order valence-corrected chi connectivity index (χ1v) is 6.26. The summed E-state index contributed by atoms with van der Waals surface area (Å²) in [6, 6.07) is 9.57. The molecule has 1 aromatic carbocycles. The predicted octanol–water partition coefficient (Wildman–Crippen LogP) is 1.01. The molecule has 0 spiro atoms. The minimum atomic E-state index is -1.27. The van der Waals surface area contributed by atoms with Gasteiger partial charge in [0.15, 0.2) is 0 Å². The molecule has 1 aromatic heterocycles. The predicted molar refractivity (Wildman–Crippen MR) is 76.0 cm³/mol. The van der Waals surface area contributed by atoms with Gasteiger partial charge < -0.3 is 20.1 Å². The molecule has 1 heterocycles. The van der Waals surface area contributed by atoms with E-state index in [1.165, 1.54) is 12.1 Å². The van der Waals surface area contributed by atoms with Gasteiger partial charge in [-0.2, -0.15) is 5.26 Å². The van der Waals surface area contributed by atoms with Crippen molar-refractivity contribution >= 4 is 18.0 Å². The molecule has 1 amide bonds. The van der Waals surface area contributed by atoms with Crippen LogP contribution in [-0.4, -0.2) is 11.9 Å². The van der Waals surface area contributed by atoms with Crippen molar-refractivity contribution < 1.29 is 19.1 Å². The number of benzene rings is 1. The van der Waals surface area contributed by atoms with Crippen LogP contribution in [0.1, 0.15) is 21.7 Å². The van der Waals surface area contributed by atoms with Gasteiger partial charge in [0.2, 0.25) is 0 Å². The third-order valence-electron chi connectivity index (χ3n) is 3.12. The normalized spacial score (nSPS) is 11.0. The van der Waals surface area contributed by atoms with Gasteiger partial charge in [0.1, 0.15) is 23.2 Å². The second kappa shape index (κ2) is 5.97. The number of furan rings is 1. The van der Waals surface area contributed by atoms with Gasteiger partial charge in [0.25, 0.3) is 5.91 Å². The van der Waals surface area contributed by atoms with Gasteiger partial charge in [-0.25, -0.2) is 0 Å². The van der Waals surface area contributed by atoms with E-state index in [4.69, 9.17) is 15.4 Å². The van der Waals surface area contributed by atoms with Crippen molar-refractivity contribution in [3.05, 3.63) is 52.8 Å². The highest BCUT2D eigenvalue weighted by Gasteiger charge is 2.11. The van der Waals surface area contributed by atoms with Crippen LogP contribution in [0.25, 0.3) is 17.4 Å². The summed E-state index contributed by atoms with van der Waals surface area (Å²) >= 11 is 0. The van der Waals surface area contributed by atoms with Gasteiger partial charge in [-0.05, 0) is 24.6 Å². The summed E-state index contributed by atoms with van der Waals surface area (Å²) in [5.74, 6) is -1.45. The fourth-order valence-electron chi connectivity index (χ4n) is 2.00. The average molecular weight is 295 g/mol. The Kier molecular flexibility index (Phi) is 4.09. The van der Waals surface area contributed by atoms with Crippen molar-refractivity contribution in [2.24, 2.45) is 5.73 Å². The number of rotatable bonds is 4. The van der Waals surface area contributed by atoms with Gasteiger partial charge >= 0.3 is 0 Å². The van der Waals surface area contributed by atoms with Crippen molar-refractivity contribution in [2.75, 3.05) is 0 Å². The molecular weight excluding hydrogens is 284 g/mol. The maximum Gasteiger partial charge on any atom is 0.259 e. The second-order valence-corrected chi connectivity index (χ2v) is 4.50. The molecule has 0 atom stereocenters. The molecule has 110 valence electrons. The van der Waals surface area contributed by atoms with Crippen LogP contribution in [0.4, 0.5) is 0 Å². The highest BCUT2D eigenvalue weighted by atomic mass is 16.4. The van der Waals surface area contributed by atoms with Gasteiger partial charge in [-0.1, -0.05) is 18.2 Å². The summed E-state index contributed by atoms with van der Waals surface area (Å²) in [7, 11) is 0. The average Bonchev–Trinajstić information content (AvgIpc) is 2.92. The van der Waals surface area contributed by atoms with Crippen molar-refractivity contribution in [1.29, 1.82) is 5.26 Å². The number of nitrogens with zero attached hydrogens (tertiary/aromatic N) is 1.